The van der Waals surface area contributed by atoms with Crippen molar-refractivity contribution in [2.75, 3.05) is 13.2 Å². The maximum Gasteiger partial charge on any atom is 0.306 e. The van der Waals surface area contributed by atoms with Crippen LogP contribution in [-0.4, -0.2) is 37.2 Å². The predicted octanol–water partition coefficient (Wildman–Crippen LogP) is 17.2. The van der Waals surface area contributed by atoms with Crippen molar-refractivity contribution in [3.8, 4) is 0 Å². The van der Waals surface area contributed by atoms with Gasteiger partial charge in [0.1, 0.15) is 13.2 Å². The van der Waals surface area contributed by atoms with Crippen LogP contribution in [0.1, 0.15) is 292 Å². The van der Waals surface area contributed by atoms with E-state index in [2.05, 4.69) is 41.5 Å². The Morgan fingerprint density at radius 1 is 0.333 bits per heavy atom. The summed E-state index contributed by atoms with van der Waals surface area (Å²) in [4.78, 5) is 37.9. The van der Waals surface area contributed by atoms with Crippen LogP contribution in [0.15, 0.2) is 0 Å². The molecule has 0 aromatic heterocycles. The smallest absolute Gasteiger partial charge is 0.306 e. The molecule has 6 nitrogen and oxygen atoms in total. The first kappa shape index (κ1) is 58.4. The Kier molecular flexibility index (Phi) is 44.2. The lowest BCUT2D eigenvalue weighted by Gasteiger charge is -2.18. The highest BCUT2D eigenvalue weighted by molar-refractivity contribution is 5.71. The van der Waals surface area contributed by atoms with Crippen molar-refractivity contribution < 1.29 is 28.6 Å². The Morgan fingerprint density at radius 2 is 0.583 bits per heavy atom. The standard InChI is InChI=1S/C54H104O6/c1-7-50(6)42-36-30-23-19-16-17-21-25-32-38-44-53(56)59-47-51(60-54(57)45-39-33-27-26-29-35-41-49(4)5)46-58-52(55)43-37-31-24-20-15-13-11-9-8-10-12-14-18-22-28-34-40-48(2)3/h48-51H,7-47H2,1-6H3/t50?,51-/m0/s1. The second kappa shape index (κ2) is 45.4. The average Bonchev–Trinajstić information content (AvgIpc) is 3.22. The van der Waals surface area contributed by atoms with E-state index in [1.807, 2.05) is 0 Å². The molecule has 0 amide bonds. The third kappa shape index (κ3) is 45.9. The van der Waals surface area contributed by atoms with Crippen LogP contribution in [0, 0.1) is 17.8 Å². The molecule has 356 valence electrons. The van der Waals surface area contributed by atoms with Crippen molar-refractivity contribution in [1.29, 1.82) is 0 Å². The second-order valence-electron chi connectivity index (χ2n) is 19.7. The van der Waals surface area contributed by atoms with Gasteiger partial charge in [-0.1, -0.05) is 253 Å². The monoisotopic (exact) mass is 849 g/mol. The summed E-state index contributed by atoms with van der Waals surface area (Å²) in [7, 11) is 0. The molecule has 0 fully saturated rings. The maximum atomic E-state index is 12.7. The minimum atomic E-state index is -0.763. The van der Waals surface area contributed by atoms with Crippen LogP contribution < -0.4 is 0 Å². The van der Waals surface area contributed by atoms with Crippen LogP contribution in [0.25, 0.3) is 0 Å². The van der Waals surface area contributed by atoms with Crippen LogP contribution in [0.3, 0.4) is 0 Å². The summed E-state index contributed by atoms with van der Waals surface area (Å²) in [6.07, 6.45) is 45.3. The normalized spacial score (nSPS) is 12.6. The first-order chi connectivity index (χ1) is 29.1. The Balaban J connectivity index is 4.22. The van der Waals surface area contributed by atoms with E-state index in [1.165, 1.54) is 173 Å². The zero-order chi connectivity index (χ0) is 44.2. The van der Waals surface area contributed by atoms with Crippen LogP contribution in [0.2, 0.25) is 0 Å². The summed E-state index contributed by atoms with van der Waals surface area (Å²) in [5.41, 5.74) is 0. The number of carbonyl (C=O) groups excluding carboxylic acids is 3. The summed E-state index contributed by atoms with van der Waals surface area (Å²) in [6.45, 7) is 13.7. The summed E-state index contributed by atoms with van der Waals surface area (Å²) in [6, 6.07) is 0. The third-order valence-electron chi connectivity index (χ3n) is 12.5. The predicted molar refractivity (Wildman–Crippen MR) is 256 cm³/mol. The Hall–Kier alpha value is -1.59. The molecule has 0 heterocycles. The number of carbonyl (C=O) groups is 3. The minimum Gasteiger partial charge on any atom is -0.462 e. The van der Waals surface area contributed by atoms with E-state index >= 15 is 0 Å². The van der Waals surface area contributed by atoms with Crippen molar-refractivity contribution >= 4 is 17.9 Å². The van der Waals surface area contributed by atoms with Crippen molar-refractivity contribution in [3.05, 3.63) is 0 Å². The van der Waals surface area contributed by atoms with Gasteiger partial charge < -0.3 is 14.2 Å². The molecule has 0 rings (SSSR count). The molecule has 6 heteroatoms. The van der Waals surface area contributed by atoms with Gasteiger partial charge in [-0.25, -0.2) is 0 Å². The molecule has 0 saturated carbocycles. The Labute approximate surface area is 374 Å². The zero-order valence-corrected chi connectivity index (χ0v) is 41.3. The molecule has 0 aliphatic heterocycles. The van der Waals surface area contributed by atoms with Crippen LogP contribution >= 0.6 is 0 Å². The van der Waals surface area contributed by atoms with Crippen LogP contribution in [-0.2, 0) is 28.6 Å². The number of hydrogen-bond acceptors (Lipinski definition) is 6. The lowest BCUT2D eigenvalue weighted by molar-refractivity contribution is -0.167. The van der Waals surface area contributed by atoms with Gasteiger partial charge in [-0.15, -0.1) is 0 Å². The summed E-state index contributed by atoms with van der Waals surface area (Å²) < 4.78 is 16.8. The Morgan fingerprint density at radius 3 is 0.867 bits per heavy atom. The fourth-order valence-corrected chi connectivity index (χ4v) is 8.08. The fourth-order valence-electron chi connectivity index (χ4n) is 8.08. The van der Waals surface area contributed by atoms with Gasteiger partial charge in [0.15, 0.2) is 6.10 Å². The molecule has 0 saturated heterocycles. The molecule has 0 radical (unpaired) electrons. The molecule has 0 bridgehead atoms. The maximum absolute atomic E-state index is 12.7. The van der Waals surface area contributed by atoms with Crippen LogP contribution in [0.5, 0.6) is 0 Å². The van der Waals surface area contributed by atoms with E-state index in [0.717, 1.165) is 75.5 Å². The zero-order valence-electron chi connectivity index (χ0n) is 41.3. The lowest BCUT2D eigenvalue weighted by Crippen LogP contribution is -2.30. The third-order valence-corrected chi connectivity index (χ3v) is 12.5. The molecule has 2 atom stereocenters. The lowest BCUT2D eigenvalue weighted by atomic mass is 9.99. The average molecular weight is 849 g/mol. The van der Waals surface area contributed by atoms with Gasteiger partial charge in [0, 0.05) is 19.3 Å². The second-order valence-corrected chi connectivity index (χ2v) is 19.7. The summed E-state index contributed by atoms with van der Waals surface area (Å²) >= 11 is 0. The highest BCUT2D eigenvalue weighted by atomic mass is 16.6. The molecular formula is C54H104O6. The molecule has 0 aliphatic rings. The van der Waals surface area contributed by atoms with Gasteiger partial charge in [-0.3, -0.25) is 14.4 Å². The Bertz CT molecular complexity index is 931. The summed E-state index contributed by atoms with van der Waals surface area (Å²) in [5.74, 6) is 1.62. The molecule has 1 unspecified atom stereocenters. The quantitative estimate of drug-likeness (QED) is 0.0345. The van der Waals surface area contributed by atoms with E-state index in [9.17, 15) is 14.4 Å². The van der Waals surface area contributed by atoms with Crippen molar-refractivity contribution in [1.82, 2.24) is 0 Å². The van der Waals surface area contributed by atoms with Crippen molar-refractivity contribution in [3.63, 3.8) is 0 Å². The number of hydrogen-bond donors (Lipinski definition) is 0. The van der Waals surface area contributed by atoms with Gasteiger partial charge in [-0.2, -0.15) is 0 Å². The van der Waals surface area contributed by atoms with Gasteiger partial charge in [0.25, 0.3) is 0 Å². The molecule has 0 N–H and O–H groups in total. The summed E-state index contributed by atoms with van der Waals surface area (Å²) in [5, 5.41) is 0. The first-order valence-electron chi connectivity index (χ1n) is 26.6. The van der Waals surface area contributed by atoms with Crippen molar-refractivity contribution in [2.24, 2.45) is 17.8 Å². The topological polar surface area (TPSA) is 78.9 Å². The van der Waals surface area contributed by atoms with Gasteiger partial charge >= 0.3 is 17.9 Å². The van der Waals surface area contributed by atoms with Crippen molar-refractivity contribution in [2.45, 2.75) is 298 Å². The number of ether oxygens (including phenoxy) is 3. The number of unbranched alkanes of at least 4 members (excludes halogenated alkanes) is 29. The van der Waals surface area contributed by atoms with E-state index < -0.39 is 6.10 Å². The molecule has 0 aliphatic carbocycles. The van der Waals surface area contributed by atoms with Crippen LogP contribution in [0.4, 0.5) is 0 Å². The number of rotatable bonds is 47. The highest BCUT2D eigenvalue weighted by Crippen LogP contribution is 2.18. The van der Waals surface area contributed by atoms with E-state index in [-0.39, 0.29) is 31.1 Å². The minimum absolute atomic E-state index is 0.0655. The first-order valence-corrected chi connectivity index (χ1v) is 26.6. The van der Waals surface area contributed by atoms with E-state index in [1.54, 1.807) is 0 Å². The van der Waals surface area contributed by atoms with E-state index in [0.29, 0.717) is 19.3 Å². The number of esters is 3. The molecule has 60 heavy (non-hydrogen) atoms. The van der Waals surface area contributed by atoms with Gasteiger partial charge in [0.2, 0.25) is 0 Å². The largest absolute Gasteiger partial charge is 0.462 e. The molecule has 0 spiro atoms. The van der Waals surface area contributed by atoms with Gasteiger partial charge in [0.05, 0.1) is 0 Å². The molecular weight excluding hydrogens is 745 g/mol. The highest BCUT2D eigenvalue weighted by Gasteiger charge is 2.19. The molecule has 0 aromatic carbocycles. The van der Waals surface area contributed by atoms with Gasteiger partial charge in [-0.05, 0) is 37.0 Å². The SMILES string of the molecule is CCC(C)CCCCCCCCCCCCC(=O)OC[C@H](COC(=O)CCCCCCCCCCCCCCCCCCC(C)C)OC(=O)CCCCCCCCC(C)C. The molecule has 0 aromatic rings. The van der Waals surface area contributed by atoms with E-state index in [4.69, 9.17) is 14.2 Å². The fraction of sp³-hybridized carbons (Fsp3) is 0.944.